The molecule has 2 fully saturated rings. The van der Waals surface area contributed by atoms with E-state index >= 15 is 0 Å². The van der Waals surface area contributed by atoms with Crippen molar-refractivity contribution in [1.82, 2.24) is 39.0 Å². The summed E-state index contributed by atoms with van der Waals surface area (Å²) < 4.78 is 3.12. The molecular weight excluding hydrogens is 450 g/mol. The molecule has 1 saturated carbocycles. The Hall–Kier alpha value is -4.09. The molecular formula is C23H25N9O3. The number of anilines is 1. The van der Waals surface area contributed by atoms with Crippen LogP contribution in [0.4, 0.5) is 5.82 Å². The molecule has 4 aromatic heterocycles. The standard InChI is InChI=1S/C23H25N9O3/c1-3-31-19-18(20(33)28-23(31)35)15(11-16(27-19)14-4-5-14)21(34)30-8-6-29(7-9-30)17-10-13(2)26-22-24-12-25-32(17)22/h10-12,14H,3-9H2,1-2H3,(H,28,33,35). The van der Waals surface area contributed by atoms with Crippen LogP contribution in [0.15, 0.2) is 28.0 Å². The molecule has 180 valence electrons. The van der Waals surface area contributed by atoms with E-state index in [1.807, 2.05) is 19.9 Å². The van der Waals surface area contributed by atoms with Crippen molar-refractivity contribution in [2.75, 3.05) is 31.1 Å². The lowest BCUT2D eigenvalue weighted by Crippen LogP contribution is -2.49. The van der Waals surface area contributed by atoms with Crippen LogP contribution in [0.5, 0.6) is 0 Å². The SMILES string of the molecule is CCn1c(=O)[nH]c(=O)c2c(C(=O)N3CCN(c4cc(C)nc5ncnn45)CC3)cc(C3CC3)nc21. The van der Waals surface area contributed by atoms with Crippen LogP contribution in [0.2, 0.25) is 0 Å². The van der Waals surface area contributed by atoms with Gasteiger partial charge in [-0.3, -0.25) is 19.1 Å². The largest absolute Gasteiger partial charge is 0.353 e. The molecule has 12 nitrogen and oxygen atoms in total. The lowest BCUT2D eigenvalue weighted by atomic mass is 10.1. The van der Waals surface area contributed by atoms with Crippen molar-refractivity contribution in [2.45, 2.75) is 39.2 Å². The lowest BCUT2D eigenvalue weighted by molar-refractivity contribution is 0.0748. The Bertz CT molecular complexity index is 1590. The smallest absolute Gasteiger partial charge is 0.329 e. The van der Waals surface area contributed by atoms with E-state index in [0.29, 0.717) is 44.1 Å². The van der Waals surface area contributed by atoms with Crippen LogP contribution in [0.3, 0.4) is 0 Å². The van der Waals surface area contributed by atoms with Crippen molar-refractivity contribution >= 4 is 28.5 Å². The number of aryl methyl sites for hydroxylation is 2. The van der Waals surface area contributed by atoms with E-state index in [9.17, 15) is 14.4 Å². The number of aromatic nitrogens is 7. The van der Waals surface area contributed by atoms with E-state index in [1.54, 1.807) is 15.5 Å². The minimum absolute atomic E-state index is 0.178. The second-order valence-electron chi connectivity index (χ2n) is 9.08. The van der Waals surface area contributed by atoms with Crippen molar-refractivity contribution in [1.29, 1.82) is 0 Å². The number of hydrogen-bond acceptors (Lipinski definition) is 8. The molecule has 12 heteroatoms. The maximum atomic E-state index is 13.7. The van der Waals surface area contributed by atoms with Crippen LogP contribution in [-0.4, -0.2) is 71.1 Å². The van der Waals surface area contributed by atoms with Crippen LogP contribution in [0, 0.1) is 6.92 Å². The first kappa shape index (κ1) is 21.4. The third kappa shape index (κ3) is 3.56. The van der Waals surface area contributed by atoms with Crippen molar-refractivity contribution in [3.05, 3.63) is 56.2 Å². The highest BCUT2D eigenvalue weighted by atomic mass is 16.2. The predicted octanol–water partition coefficient (Wildman–Crippen LogP) is 0.691. The summed E-state index contributed by atoms with van der Waals surface area (Å²) >= 11 is 0. The van der Waals surface area contributed by atoms with Gasteiger partial charge in [-0.15, -0.1) is 0 Å². The van der Waals surface area contributed by atoms with E-state index in [0.717, 1.165) is 30.0 Å². The number of pyridine rings is 1. The van der Waals surface area contributed by atoms with Crippen LogP contribution in [-0.2, 0) is 6.54 Å². The second kappa shape index (κ2) is 8.00. The average Bonchev–Trinajstić information content (AvgIpc) is 3.60. The number of hydrogen-bond donors (Lipinski definition) is 1. The first-order valence-electron chi connectivity index (χ1n) is 11.8. The maximum absolute atomic E-state index is 13.7. The zero-order valence-electron chi connectivity index (χ0n) is 19.6. The second-order valence-corrected chi connectivity index (χ2v) is 9.08. The molecule has 35 heavy (non-hydrogen) atoms. The fourth-order valence-corrected chi connectivity index (χ4v) is 4.79. The van der Waals surface area contributed by atoms with Gasteiger partial charge in [-0.1, -0.05) is 0 Å². The molecule has 0 radical (unpaired) electrons. The van der Waals surface area contributed by atoms with Gasteiger partial charge in [0.2, 0.25) is 0 Å². The number of rotatable bonds is 4. The molecule has 6 rings (SSSR count). The summed E-state index contributed by atoms with van der Waals surface area (Å²) in [5, 5.41) is 4.46. The molecule has 1 saturated heterocycles. The van der Waals surface area contributed by atoms with Gasteiger partial charge in [0, 0.05) is 56.1 Å². The topological polar surface area (TPSA) is 134 Å². The predicted molar refractivity (Wildman–Crippen MR) is 128 cm³/mol. The summed E-state index contributed by atoms with van der Waals surface area (Å²) in [6, 6.07) is 3.71. The summed E-state index contributed by atoms with van der Waals surface area (Å²) in [6.45, 7) is 6.23. The number of piperazine rings is 1. The van der Waals surface area contributed by atoms with Crippen molar-refractivity contribution in [2.24, 2.45) is 0 Å². The molecule has 4 aromatic rings. The Morgan fingerprint density at radius 1 is 1.11 bits per heavy atom. The highest BCUT2D eigenvalue weighted by Crippen LogP contribution is 2.40. The number of carbonyl (C=O) groups excluding carboxylic acids is 1. The minimum Gasteiger partial charge on any atom is -0.353 e. The number of aromatic amines is 1. The fraction of sp³-hybridized carbons (Fsp3) is 0.435. The molecule has 1 aliphatic heterocycles. The summed E-state index contributed by atoms with van der Waals surface area (Å²) in [5.74, 6) is 1.46. The van der Waals surface area contributed by atoms with Crippen molar-refractivity contribution in [3.8, 4) is 0 Å². The van der Waals surface area contributed by atoms with E-state index in [4.69, 9.17) is 0 Å². The number of H-pyrrole nitrogens is 1. The Kier molecular flexibility index (Phi) is 4.90. The van der Waals surface area contributed by atoms with E-state index in [1.165, 1.54) is 10.9 Å². The first-order valence-corrected chi connectivity index (χ1v) is 11.8. The van der Waals surface area contributed by atoms with Gasteiger partial charge in [-0.25, -0.2) is 14.8 Å². The lowest BCUT2D eigenvalue weighted by Gasteiger charge is -2.36. The van der Waals surface area contributed by atoms with Crippen molar-refractivity contribution < 1.29 is 4.79 Å². The Balaban J connectivity index is 1.34. The normalized spacial score (nSPS) is 16.4. The molecule has 1 N–H and O–H groups in total. The summed E-state index contributed by atoms with van der Waals surface area (Å²) in [6.07, 6.45) is 3.46. The van der Waals surface area contributed by atoms with Gasteiger partial charge in [0.1, 0.15) is 12.1 Å². The van der Waals surface area contributed by atoms with Gasteiger partial charge in [-0.05, 0) is 32.8 Å². The highest BCUT2D eigenvalue weighted by Gasteiger charge is 2.31. The van der Waals surface area contributed by atoms with Gasteiger partial charge >= 0.3 is 5.69 Å². The average molecular weight is 476 g/mol. The number of carbonyl (C=O) groups is 1. The molecule has 0 aromatic carbocycles. The van der Waals surface area contributed by atoms with Crippen LogP contribution < -0.4 is 16.1 Å². The summed E-state index contributed by atoms with van der Waals surface area (Å²) in [4.78, 5) is 58.4. The minimum atomic E-state index is -0.577. The van der Waals surface area contributed by atoms with Crippen molar-refractivity contribution in [3.63, 3.8) is 0 Å². The van der Waals surface area contributed by atoms with Crippen LogP contribution in [0.25, 0.3) is 16.8 Å². The van der Waals surface area contributed by atoms with Gasteiger partial charge in [0.25, 0.3) is 17.2 Å². The Morgan fingerprint density at radius 3 is 2.60 bits per heavy atom. The van der Waals surface area contributed by atoms with E-state index in [2.05, 4.69) is 29.9 Å². The molecule has 5 heterocycles. The van der Waals surface area contributed by atoms with Gasteiger partial charge in [0.15, 0.2) is 5.65 Å². The Labute approximate surface area is 199 Å². The van der Waals surface area contributed by atoms with E-state index < -0.39 is 11.2 Å². The zero-order valence-corrected chi connectivity index (χ0v) is 19.6. The number of nitrogens with zero attached hydrogens (tertiary/aromatic N) is 8. The zero-order chi connectivity index (χ0) is 24.3. The first-order chi connectivity index (χ1) is 16.9. The maximum Gasteiger partial charge on any atom is 0.329 e. The van der Waals surface area contributed by atoms with Gasteiger partial charge in [-0.2, -0.15) is 14.6 Å². The Morgan fingerprint density at radius 2 is 1.89 bits per heavy atom. The molecule has 0 bridgehead atoms. The third-order valence-electron chi connectivity index (χ3n) is 6.76. The van der Waals surface area contributed by atoms with Gasteiger partial charge in [0.05, 0.1) is 10.9 Å². The molecule has 2 aliphatic rings. The highest BCUT2D eigenvalue weighted by molar-refractivity contribution is 6.05. The molecule has 0 atom stereocenters. The monoisotopic (exact) mass is 475 g/mol. The quantitative estimate of drug-likeness (QED) is 0.456. The fourth-order valence-electron chi connectivity index (χ4n) is 4.79. The number of amides is 1. The molecule has 1 aliphatic carbocycles. The van der Waals surface area contributed by atoms with E-state index in [-0.39, 0.29) is 22.9 Å². The summed E-state index contributed by atoms with van der Waals surface area (Å²) in [7, 11) is 0. The number of fused-ring (bicyclic) bond motifs is 2. The number of nitrogens with one attached hydrogen (secondary N) is 1. The third-order valence-corrected chi connectivity index (χ3v) is 6.76. The molecule has 0 spiro atoms. The molecule has 1 amide bonds. The molecule has 0 unspecified atom stereocenters. The summed E-state index contributed by atoms with van der Waals surface area (Å²) in [5.41, 5.74) is 1.13. The van der Waals surface area contributed by atoms with Crippen LogP contribution >= 0.6 is 0 Å². The van der Waals surface area contributed by atoms with Crippen LogP contribution in [0.1, 0.15) is 47.4 Å². The van der Waals surface area contributed by atoms with Gasteiger partial charge < -0.3 is 9.80 Å².